The molecule has 0 aliphatic carbocycles. The third-order valence-electron chi connectivity index (χ3n) is 5.69. The first kappa shape index (κ1) is 20.7. The average molecular weight is 426 g/mol. The molecule has 7 nitrogen and oxygen atoms in total. The lowest BCUT2D eigenvalue weighted by molar-refractivity contribution is 0.201. The van der Waals surface area contributed by atoms with Crippen molar-refractivity contribution < 1.29 is 9.90 Å². The minimum Gasteiger partial charge on any atom is -0.465 e. The van der Waals surface area contributed by atoms with Gasteiger partial charge in [-0.15, -0.1) is 0 Å². The maximum Gasteiger partial charge on any atom is 0.411 e. The van der Waals surface area contributed by atoms with Gasteiger partial charge in [0.05, 0.1) is 31.3 Å². The molecular weight excluding hydrogens is 394 g/mol. The summed E-state index contributed by atoms with van der Waals surface area (Å²) in [6, 6.07) is 11.8. The monoisotopic (exact) mass is 425 g/mol. The number of nitrogens with zero attached hydrogens (tertiary/aromatic N) is 5. The SMILES string of the molecule is C[Si](C)(C)CN1CCN(c2ccc(N3CCN(C(=O)O)c4ccccc43)nc2)CC1. The van der Waals surface area contributed by atoms with Gasteiger partial charge < -0.3 is 19.8 Å². The number of hydrogen-bond donors (Lipinski definition) is 1. The molecule has 1 N–H and O–H groups in total. The number of hydrogen-bond acceptors (Lipinski definition) is 5. The number of amides is 1. The van der Waals surface area contributed by atoms with Crippen LogP contribution in [0.15, 0.2) is 42.6 Å². The van der Waals surface area contributed by atoms with Crippen molar-refractivity contribution in [3.63, 3.8) is 0 Å². The van der Waals surface area contributed by atoms with E-state index in [1.807, 2.05) is 30.5 Å². The van der Waals surface area contributed by atoms with Crippen LogP contribution in [-0.2, 0) is 0 Å². The van der Waals surface area contributed by atoms with Crippen LogP contribution in [0, 0.1) is 0 Å². The second-order valence-electron chi connectivity index (χ2n) is 9.27. The van der Waals surface area contributed by atoms with Gasteiger partial charge in [-0.2, -0.15) is 0 Å². The fourth-order valence-corrected chi connectivity index (χ4v) is 6.02. The highest BCUT2D eigenvalue weighted by atomic mass is 28.3. The number of pyridine rings is 1. The molecule has 1 aromatic carbocycles. The summed E-state index contributed by atoms with van der Waals surface area (Å²) in [6.07, 6.45) is 2.30. The van der Waals surface area contributed by atoms with Crippen LogP contribution in [0.2, 0.25) is 19.6 Å². The Morgan fingerprint density at radius 2 is 1.67 bits per heavy atom. The van der Waals surface area contributed by atoms with Crippen molar-refractivity contribution in [3.05, 3.63) is 42.6 Å². The minimum atomic E-state index is -1.06. The highest BCUT2D eigenvalue weighted by Gasteiger charge is 2.28. The van der Waals surface area contributed by atoms with Gasteiger partial charge in [-0.1, -0.05) is 31.8 Å². The van der Waals surface area contributed by atoms with Gasteiger partial charge in [0.1, 0.15) is 5.82 Å². The van der Waals surface area contributed by atoms with E-state index in [0.717, 1.165) is 43.4 Å². The van der Waals surface area contributed by atoms with Crippen LogP contribution in [0.5, 0.6) is 0 Å². The Balaban J connectivity index is 1.46. The molecule has 30 heavy (non-hydrogen) atoms. The highest BCUT2D eigenvalue weighted by Crippen LogP contribution is 2.37. The zero-order valence-corrected chi connectivity index (χ0v) is 19.1. The molecular formula is C22H31N5O2Si. The van der Waals surface area contributed by atoms with Crippen molar-refractivity contribution in [2.75, 3.05) is 60.1 Å². The molecule has 0 saturated carbocycles. The highest BCUT2D eigenvalue weighted by molar-refractivity contribution is 6.76. The molecule has 4 rings (SSSR count). The lowest BCUT2D eigenvalue weighted by Crippen LogP contribution is -2.51. The van der Waals surface area contributed by atoms with E-state index in [2.05, 4.69) is 46.5 Å². The fourth-order valence-electron chi connectivity index (χ4n) is 4.36. The molecule has 1 aromatic heterocycles. The van der Waals surface area contributed by atoms with Crippen LogP contribution < -0.4 is 14.7 Å². The van der Waals surface area contributed by atoms with Crippen LogP contribution in [0.25, 0.3) is 0 Å². The molecule has 2 aliphatic rings. The maximum atomic E-state index is 11.6. The van der Waals surface area contributed by atoms with Crippen LogP contribution in [0.1, 0.15) is 0 Å². The third-order valence-corrected chi connectivity index (χ3v) is 7.08. The van der Waals surface area contributed by atoms with Gasteiger partial charge >= 0.3 is 6.09 Å². The summed E-state index contributed by atoms with van der Waals surface area (Å²) < 4.78 is 0. The lowest BCUT2D eigenvalue weighted by atomic mass is 10.1. The number of rotatable bonds is 4. The van der Waals surface area contributed by atoms with Crippen molar-refractivity contribution in [1.82, 2.24) is 9.88 Å². The number of aromatic nitrogens is 1. The Morgan fingerprint density at radius 1 is 0.967 bits per heavy atom. The molecule has 0 atom stereocenters. The van der Waals surface area contributed by atoms with Crippen molar-refractivity contribution >= 4 is 37.0 Å². The molecule has 0 unspecified atom stereocenters. The second-order valence-corrected chi connectivity index (χ2v) is 14.7. The molecule has 0 radical (unpaired) electrons. The smallest absolute Gasteiger partial charge is 0.411 e. The normalized spacial score (nSPS) is 17.8. The quantitative estimate of drug-likeness (QED) is 0.754. The van der Waals surface area contributed by atoms with Gasteiger partial charge in [0.2, 0.25) is 0 Å². The molecule has 2 aliphatic heterocycles. The van der Waals surface area contributed by atoms with Gasteiger partial charge in [0.15, 0.2) is 0 Å². The van der Waals surface area contributed by atoms with Crippen molar-refractivity contribution in [1.29, 1.82) is 0 Å². The summed E-state index contributed by atoms with van der Waals surface area (Å²) in [7, 11) is -1.06. The van der Waals surface area contributed by atoms with E-state index in [4.69, 9.17) is 4.98 Å². The zero-order valence-electron chi connectivity index (χ0n) is 18.1. The summed E-state index contributed by atoms with van der Waals surface area (Å²) in [6.45, 7) is 12.6. The van der Waals surface area contributed by atoms with Crippen LogP contribution in [0.3, 0.4) is 0 Å². The molecule has 1 amide bonds. The fraction of sp³-hybridized carbons (Fsp3) is 0.455. The minimum absolute atomic E-state index is 0.425. The Bertz CT molecular complexity index is 891. The maximum absolute atomic E-state index is 11.6. The first-order valence-electron chi connectivity index (χ1n) is 10.6. The number of carboxylic acid groups (broad SMARTS) is 1. The van der Waals surface area contributed by atoms with E-state index in [0.29, 0.717) is 18.8 Å². The number of piperazine rings is 1. The van der Waals surface area contributed by atoms with E-state index >= 15 is 0 Å². The number of anilines is 4. The van der Waals surface area contributed by atoms with Crippen LogP contribution in [-0.4, -0.2) is 74.6 Å². The van der Waals surface area contributed by atoms with Crippen molar-refractivity contribution in [3.8, 4) is 0 Å². The summed E-state index contributed by atoms with van der Waals surface area (Å²) in [5, 5.41) is 9.49. The predicted molar refractivity (Wildman–Crippen MR) is 125 cm³/mol. The molecule has 1 saturated heterocycles. The van der Waals surface area contributed by atoms with Gasteiger partial charge in [0, 0.05) is 39.3 Å². The Labute approximate surface area is 179 Å². The number of fused-ring (bicyclic) bond motifs is 1. The van der Waals surface area contributed by atoms with Gasteiger partial charge in [-0.25, -0.2) is 9.78 Å². The Kier molecular flexibility index (Phi) is 5.70. The summed E-state index contributed by atoms with van der Waals surface area (Å²) >= 11 is 0. The number of benzene rings is 1. The van der Waals surface area contributed by atoms with Crippen molar-refractivity contribution in [2.24, 2.45) is 0 Å². The lowest BCUT2D eigenvalue weighted by Gasteiger charge is -2.38. The largest absolute Gasteiger partial charge is 0.465 e. The molecule has 3 heterocycles. The molecule has 160 valence electrons. The van der Waals surface area contributed by atoms with E-state index in [-0.39, 0.29) is 0 Å². The zero-order chi connectivity index (χ0) is 21.3. The summed E-state index contributed by atoms with van der Waals surface area (Å²) in [5.41, 5.74) is 2.75. The number of para-hydroxylation sites is 2. The second kappa shape index (κ2) is 8.27. The van der Waals surface area contributed by atoms with Gasteiger partial charge in [-0.05, 0) is 30.4 Å². The molecule has 0 bridgehead atoms. The molecule has 0 spiro atoms. The number of carbonyl (C=O) groups is 1. The molecule has 2 aromatic rings. The topological polar surface area (TPSA) is 63.2 Å². The van der Waals surface area contributed by atoms with E-state index in [1.54, 1.807) is 0 Å². The molecule has 8 heteroatoms. The third kappa shape index (κ3) is 4.44. The Hall–Kier alpha value is -2.58. The summed E-state index contributed by atoms with van der Waals surface area (Å²) in [4.78, 5) is 24.8. The van der Waals surface area contributed by atoms with Crippen LogP contribution in [0.4, 0.5) is 27.7 Å². The van der Waals surface area contributed by atoms with E-state index in [1.165, 1.54) is 11.1 Å². The standard InChI is InChI=1S/C22H31N5O2Si/c1-30(2,3)17-24-10-12-25(13-11-24)18-8-9-21(23-16-18)26-14-15-27(22(28)29)20-7-5-4-6-19(20)26/h4-9,16H,10-15,17H2,1-3H3,(H,28,29). The van der Waals surface area contributed by atoms with E-state index < -0.39 is 14.2 Å². The average Bonchev–Trinajstić information content (AvgIpc) is 2.72. The van der Waals surface area contributed by atoms with E-state index in [9.17, 15) is 9.90 Å². The first-order chi connectivity index (χ1) is 14.3. The molecule has 1 fully saturated rings. The van der Waals surface area contributed by atoms with Gasteiger partial charge in [0.25, 0.3) is 0 Å². The predicted octanol–water partition coefficient (Wildman–Crippen LogP) is 3.72. The summed E-state index contributed by atoms with van der Waals surface area (Å²) in [5.74, 6) is 0.855. The Morgan fingerprint density at radius 3 is 2.27 bits per heavy atom. The van der Waals surface area contributed by atoms with Gasteiger partial charge in [-0.3, -0.25) is 4.90 Å². The van der Waals surface area contributed by atoms with Crippen LogP contribution >= 0.6 is 0 Å². The first-order valence-corrected chi connectivity index (χ1v) is 14.3. The van der Waals surface area contributed by atoms with Crippen molar-refractivity contribution in [2.45, 2.75) is 19.6 Å².